The fourth-order valence-electron chi connectivity index (χ4n) is 8.12. The maximum Gasteiger partial charge on any atom is 0.416 e. The van der Waals surface area contributed by atoms with Crippen LogP contribution in [0.2, 0.25) is 0 Å². The van der Waals surface area contributed by atoms with Crippen molar-refractivity contribution in [2.45, 2.75) is 272 Å². The number of amides is 1. The molecule has 0 saturated carbocycles. The van der Waals surface area contributed by atoms with Crippen molar-refractivity contribution in [3.8, 4) is 0 Å². The van der Waals surface area contributed by atoms with Crippen LogP contribution in [0.4, 0.5) is 9.93 Å². The molecule has 1 amide bonds. The van der Waals surface area contributed by atoms with Crippen molar-refractivity contribution in [3.63, 3.8) is 0 Å². The summed E-state index contributed by atoms with van der Waals surface area (Å²) in [5.41, 5.74) is -0.574. The molecule has 0 aliphatic rings. The van der Waals surface area contributed by atoms with Gasteiger partial charge in [0.2, 0.25) is 0 Å². The highest BCUT2D eigenvalue weighted by atomic mass is 32.1. The molecule has 0 bridgehead atoms. The molecule has 1 aromatic rings. The van der Waals surface area contributed by atoms with Crippen LogP contribution < -0.4 is 4.90 Å². The Labute approximate surface area is 392 Å². The van der Waals surface area contributed by atoms with E-state index in [9.17, 15) is 14.4 Å². The maximum atomic E-state index is 13.1. The van der Waals surface area contributed by atoms with Gasteiger partial charge in [0.15, 0.2) is 5.13 Å². The van der Waals surface area contributed by atoms with Gasteiger partial charge in [0.1, 0.15) is 11.7 Å². The molecule has 0 radical (unpaired) electrons. The Balaban J connectivity index is 2.51. The molecule has 1 heterocycles. The minimum atomic E-state index is -0.574. The van der Waals surface area contributed by atoms with Gasteiger partial charge in [-0.05, 0) is 105 Å². The monoisotopic (exact) mass is 906 g/mol. The second-order valence-corrected chi connectivity index (χ2v) is 20.1. The summed E-state index contributed by atoms with van der Waals surface area (Å²) < 4.78 is 17.3. The van der Waals surface area contributed by atoms with Crippen LogP contribution in [0.5, 0.6) is 0 Å². The Morgan fingerprint density at radius 1 is 0.556 bits per heavy atom. The van der Waals surface area contributed by atoms with E-state index in [-0.39, 0.29) is 24.1 Å². The van der Waals surface area contributed by atoms with Crippen LogP contribution >= 0.6 is 11.3 Å². The highest BCUT2D eigenvalue weighted by Crippen LogP contribution is 2.22. The highest BCUT2D eigenvalue weighted by Gasteiger charge is 2.25. The third-order valence-electron chi connectivity index (χ3n) is 11.9. The van der Waals surface area contributed by atoms with Gasteiger partial charge in [-0.15, -0.1) is 11.3 Å². The summed E-state index contributed by atoms with van der Waals surface area (Å²) in [4.78, 5) is 47.0. The van der Waals surface area contributed by atoms with E-state index >= 15 is 0 Å². The molecule has 0 unspecified atom stereocenters. The molecule has 0 spiro atoms. The Kier molecular flexibility index (Phi) is 38.5. The van der Waals surface area contributed by atoms with E-state index in [1.165, 1.54) is 120 Å². The van der Waals surface area contributed by atoms with Crippen LogP contribution in [0, 0.1) is 0 Å². The smallest absolute Gasteiger partial charge is 0.416 e. The lowest BCUT2D eigenvalue weighted by atomic mass is 10.0. The van der Waals surface area contributed by atoms with Crippen LogP contribution in [0.15, 0.2) is 11.6 Å². The number of hydrogen-bond donors (Lipinski definition) is 0. The van der Waals surface area contributed by atoms with Gasteiger partial charge in [-0.3, -0.25) is 14.5 Å². The average Bonchev–Trinajstić information content (AvgIpc) is 3.78. The molecule has 0 fully saturated rings. The zero-order valence-electron chi connectivity index (χ0n) is 42.0. The molecule has 1 rings (SSSR count). The largest absolute Gasteiger partial charge is 0.466 e. The fourth-order valence-corrected chi connectivity index (χ4v) is 8.78. The normalized spacial score (nSPS) is 11.7. The first-order valence-corrected chi connectivity index (χ1v) is 27.4. The number of carbonyl (C=O) groups excluding carboxylic acids is 3. The number of hydrogen-bond acceptors (Lipinski definition) is 9. The summed E-state index contributed by atoms with van der Waals surface area (Å²) in [5.74, 6) is -0.0449. The van der Waals surface area contributed by atoms with Gasteiger partial charge >= 0.3 is 18.0 Å². The number of carbonyl (C=O) groups is 3. The minimum Gasteiger partial charge on any atom is -0.466 e. The SMILES string of the molecule is CCCCCCCCCOC(=O)CCCCCCCN(CCCCCCCC(=O)OC(CCCCCCCC)CCCCCCCC)CCCN(C(=O)OC(C)(C)C)c1nccs1. The first-order valence-electron chi connectivity index (χ1n) is 26.6. The van der Waals surface area contributed by atoms with E-state index in [1.807, 2.05) is 26.2 Å². The van der Waals surface area contributed by atoms with Crippen molar-refractivity contribution in [2.24, 2.45) is 0 Å². The highest BCUT2D eigenvalue weighted by molar-refractivity contribution is 7.13. The number of esters is 2. The Morgan fingerprint density at radius 2 is 1.00 bits per heavy atom. The van der Waals surface area contributed by atoms with Crippen molar-refractivity contribution in [3.05, 3.63) is 11.6 Å². The molecule has 10 heteroatoms. The van der Waals surface area contributed by atoms with E-state index < -0.39 is 5.60 Å². The van der Waals surface area contributed by atoms with Gasteiger partial charge < -0.3 is 19.1 Å². The van der Waals surface area contributed by atoms with Gasteiger partial charge in [-0.1, -0.05) is 162 Å². The second-order valence-electron chi connectivity index (χ2n) is 19.2. The second kappa shape index (κ2) is 41.2. The molecule has 0 aliphatic carbocycles. The number of unbranched alkanes of at least 4 members (excludes halogenated alkanes) is 24. The topological polar surface area (TPSA) is 98.3 Å². The zero-order chi connectivity index (χ0) is 46.1. The van der Waals surface area contributed by atoms with Gasteiger partial charge in [-0.2, -0.15) is 0 Å². The predicted octanol–water partition coefficient (Wildman–Crippen LogP) is 16.0. The van der Waals surface area contributed by atoms with Crippen molar-refractivity contribution in [2.75, 3.05) is 37.7 Å². The molecule has 9 nitrogen and oxygen atoms in total. The number of aromatic nitrogens is 1. The molecular formula is C53H99N3O6S. The van der Waals surface area contributed by atoms with Gasteiger partial charge in [0.25, 0.3) is 0 Å². The van der Waals surface area contributed by atoms with Crippen LogP contribution in [-0.2, 0) is 23.8 Å². The molecular weight excluding hydrogens is 807 g/mol. The molecule has 368 valence electrons. The lowest BCUT2D eigenvalue weighted by Gasteiger charge is -2.27. The average molecular weight is 906 g/mol. The number of rotatable bonds is 44. The van der Waals surface area contributed by atoms with Crippen molar-refractivity contribution >= 4 is 34.5 Å². The fraction of sp³-hybridized carbons (Fsp3) is 0.887. The van der Waals surface area contributed by atoms with E-state index in [0.29, 0.717) is 31.1 Å². The zero-order valence-corrected chi connectivity index (χ0v) is 42.8. The molecule has 0 aromatic carbocycles. The summed E-state index contributed by atoms with van der Waals surface area (Å²) in [7, 11) is 0. The predicted molar refractivity (Wildman–Crippen MR) is 267 cm³/mol. The summed E-state index contributed by atoms with van der Waals surface area (Å²) in [6, 6.07) is 0. The number of anilines is 1. The minimum absolute atomic E-state index is 0.0000467. The summed E-state index contributed by atoms with van der Waals surface area (Å²) in [5, 5.41) is 2.57. The van der Waals surface area contributed by atoms with E-state index in [4.69, 9.17) is 14.2 Å². The first kappa shape index (κ1) is 58.8. The van der Waals surface area contributed by atoms with Crippen LogP contribution in [-0.4, -0.2) is 72.4 Å². The maximum absolute atomic E-state index is 13.1. The van der Waals surface area contributed by atoms with Crippen molar-refractivity contribution in [1.82, 2.24) is 9.88 Å². The number of ether oxygens (including phenoxy) is 3. The van der Waals surface area contributed by atoms with E-state index in [1.54, 1.807) is 11.1 Å². The molecule has 0 aliphatic heterocycles. The third kappa shape index (κ3) is 36.7. The molecule has 63 heavy (non-hydrogen) atoms. The first-order chi connectivity index (χ1) is 30.6. The Hall–Kier alpha value is -2.20. The van der Waals surface area contributed by atoms with Gasteiger partial charge in [-0.25, -0.2) is 9.78 Å². The molecule has 1 aromatic heterocycles. The lowest BCUT2D eigenvalue weighted by Crippen LogP contribution is -2.39. The van der Waals surface area contributed by atoms with Crippen molar-refractivity contribution < 1.29 is 28.6 Å². The number of thiazole rings is 1. The molecule has 0 N–H and O–H groups in total. The summed E-state index contributed by atoms with van der Waals surface area (Å²) >= 11 is 1.46. The van der Waals surface area contributed by atoms with E-state index in [0.717, 1.165) is 116 Å². The Morgan fingerprint density at radius 3 is 1.49 bits per heavy atom. The lowest BCUT2D eigenvalue weighted by molar-refractivity contribution is -0.150. The van der Waals surface area contributed by atoms with Crippen LogP contribution in [0.3, 0.4) is 0 Å². The van der Waals surface area contributed by atoms with Crippen molar-refractivity contribution in [1.29, 1.82) is 0 Å². The van der Waals surface area contributed by atoms with Gasteiger partial charge in [0, 0.05) is 31.0 Å². The quantitative estimate of drug-likeness (QED) is 0.0363. The molecule has 0 atom stereocenters. The van der Waals surface area contributed by atoms with Crippen LogP contribution in [0.1, 0.15) is 260 Å². The Bertz CT molecular complexity index is 1180. The van der Waals surface area contributed by atoms with Crippen LogP contribution in [0.25, 0.3) is 0 Å². The standard InChI is InChI=1S/C53H99N3O6S/c1-7-10-13-16-19-28-35-46-60-49(57)39-31-24-20-26-33-42-55(44-36-45-56(51-54-41-47-63-51)52(59)62-53(4,5)6)43-34-27-21-25-32-40-50(58)61-48(37-29-22-17-14-11-8-2)38-30-23-18-15-12-9-3/h41,47-48H,7-40,42-46H2,1-6H3. The summed E-state index contributed by atoms with van der Waals surface area (Å²) in [6.45, 7) is 16.5. The number of nitrogens with zero attached hydrogens (tertiary/aromatic N) is 3. The molecule has 0 saturated heterocycles. The third-order valence-corrected chi connectivity index (χ3v) is 12.7. The van der Waals surface area contributed by atoms with Gasteiger partial charge in [0.05, 0.1) is 6.61 Å². The summed E-state index contributed by atoms with van der Waals surface area (Å²) in [6.07, 6.45) is 39.9. The van der Waals surface area contributed by atoms with E-state index in [2.05, 4.69) is 30.7 Å².